The molecule has 2 rings (SSSR count). The Morgan fingerprint density at radius 1 is 0.962 bits per heavy atom. The molecule has 0 saturated heterocycles. The van der Waals surface area contributed by atoms with Crippen LogP contribution in [-0.4, -0.2) is 24.8 Å². The van der Waals surface area contributed by atoms with E-state index in [1.54, 1.807) is 37.4 Å². The number of carbonyl (C=O) groups is 3. The van der Waals surface area contributed by atoms with Crippen molar-refractivity contribution in [3.63, 3.8) is 0 Å². The molecule has 0 bridgehead atoms. The molecule has 0 unspecified atom stereocenters. The van der Waals surface area contributed by atoms with Crippen LogP contribution in [0.5, 0.6) is 0 Å². The molecule has 0 fully saturated rings. The van der Waals surface area contributed by atoms with E-state index in [1.165, 1.54) is 18.7 Å². The van der Waals surface area contributed by atoms with Crippen LogP contribution in [0.4, 0.5) is 11.4 Å². The van der Waals surface area contributed by atoms with Crippen LogP contribution in [0.2, 0.25) is 0 Å². The van der Waals surface area contributed by atoms with Crippen molar-refractivity contribution in [2.45, 2.75) is 13.8 Å². The molecule has 0 spiro atoms. The fraction of sp³-hybridized carbons (Fsp3) is 0.150. The van der Waals surface area contributed by atoms with E-state index in [1.807, 2.05) is 30.3 Å². The second kappa shape index (κ2) is 8.62. The molecule has 134 valence electrons. The van der Waals surface area contributed by atoms with Gasteiger partial charge in [0.1, 0.15) is 5.70 Å². The van der Waals surface area contributed by atoms with E-state index in [9.17, 15) is 14.4 Å². The molecular formula is C20H21N3O3. The topological polar surface area (TPSA) is 78.5 Å². The van der Waals surface area contributed by atoms with Gasteiger partial charge in [-0.3, -0.25) is 14.4 Å². The van der Waals surface area contributed by atoms with Crippen LogP contribution in [-0.2, 0) is 14.4 Å². The fourth-order valence-electron chi connectivity index (χ4n) is 2.24. The molecule has 0 aliphatic carbocycles. The van der Waals surface area contributed by atoms with Crippen molar-refractivity contribution in [1.82, 2.24) is 5.32 Å². The first-order chi connectivity index (χ1) is 12.4. The fourth-order valence-corrected chi connectivity index (χ4v) is 2.24. The van der Waals surface area contributed by atoms with Crippen LogP contribution >= 0.6 is 0 Å². The monoisotopic (exact) mass is 351 g/mol. The summed E-state index contributed by atoms with van der Waals surface area (Å²) < 4.78 is 0. The predicted octanol–water partition coefficient (Wildman–Crippen LogP) is 2.79. The second-order valence-electron chi connectivity index (χ2n) is 5.73. The zero-order valence-electron chi connectivity index (χ0n) is 14.9. The highest BCUT2D eigenvalue weighted by molar-refractivity contribution is 6.08. The molecule has 6 nitrogen and oxygen atoms in total. The Morgan fingerprint density at radius 3 is 2.27 bits per heavy atom. The molecule has 2 N–H and O–H groups in total. The SMILES string of the molecule is CC(=O)N/C(=C\c1ccccc1)C(=O)Nc1cccc(N(C)C(C)=O)c1. The maximum absolute atomic E-state index is 12.6. The summed E-state index contributed by atoms with van der Waals surface area (Å²) >= 11 is 0. The van der Waals surface area contributed by atoms with Crippen molar-refractivity contribution in [3.05, 3.63) is 65.9 Å². The number of hydrogen-bond acceptors (Lipinski definition) is 3. The standard InChI is InChI=1S/C20H21N3O3/c1-14(24)21-19(12-16-8-5-4-6-9-16)20(26)22-17-10-7-11-18(13-17)23(3)15(2)25/h4-13H,1-3H3,(H,21,24)(H,22,26)/b19-12-. The van der Waals surface area contributed by atoms with E-state index in [-0.39, 0.29) is 17.5 Å². The summed E-state index contributed by atoms with van der Waals surface area (Å²) in [5, 5.41) is 5.29. The molecule has 2 aromatic rings. The molecule has 0 radical (unpaired) electrons. The van der Waals surface area contributed by atoms with Gasteiger partial charge in [0, 0.05) is 32.3 Å². The third-order valence-electron chi connectivity index (χ3n) is 3.63. The number of rotatable bonds is 5. The number of amides is 3. The Kier molecular flexibility index (Phi) is 6.27. The van der Waals surface area contributed by atoms with Crippen LogP contribution < -0.4 is 15.5 Å². The summed E-state index contributed by atoms with van der Waals surface area (Å²) in [6, 6.07) is 16.1. The zero-order valence-corrected chi connectivity index (χ0v) is 14.9. The van der Waals surface area contributed by atoms with Crippen LogP contribution in [0, 0.1) is 0 Å². The Labute approximate surface area is 152 Å². The number of hydrogen-bond donors (Lipinski definition) is 2. The lowest BCUT2D eigenvalue weighted by molar-refractivity contribution is -0.120. The molecule has 26 heavy (non-hydrogen) atoms. The first kappa shape index (κ1) is 18.9. The van der Waals surface area contributed by atoms with Crippen molar-refractivity contribution in [3.8, 4) is 0 Å². The van der Waals surface area contributed by atoms with Crippen molar-refractivity contribution in [2.75, 3.05) is 17.3 Å². The number of benzene rings is 2. The van der Waals surface area contributed by atoms with Gasteiger partial charge in [0.2, 0.25) is 11.8 Å². The summed E-state index contributed by atoms with van der Waals surface area (Å²) in [7, 11) is 1.65. The van der Waals surface area contributed by atoms with Crippen molar-refractivity contribution in [2.24, 2.45) is 0 Å². The van der Waals surface area contributed by atoms with Gasteiger partial charge in [-0.25, -0.2) is 0 Å². The molecule has 0 aliphatic rings. The van der Waals surface area contributed by atoms with Crippen LogP contribution in [0.25, 0.3) is 6.08 Å². The van der Waals surface area contributed by atoms with Gasteiger partial charge in [-0.15, -0.1) is 0 Å². The first-order valence-electron chi connectivity index (χ1n) is 8.07. The number of nitrogens with zero attached hydrogens (tertiary/aromatic N) is 1. The van der Waals surface area contributed by atoms with Gasteiger partial charge in [0.25, 0.3) is 5.91 Å². The van der Waals surface area contributed by atoms with Crippen LogP contribution in [0.1, 0.15) is 19.4 Å². The molecule has 0 aliphatic heterocycles. The van der Waals surface area contributed by atoms with Gasteiger partial charge in [-0.2, -0.15) is 0 Å². The molecule has 6 heteroatoms. The summed E-state index contributed by atoms with van der Waals surface area (Å²) in [5.74, 6) is -0.907. The van der Waals surface area contributed by atoms with E-state index >= 15 is 0 Å². The number of anilines is 2. The highest BCUT2D eigenvalue weighted by Gasteiger charge is 2.13. The van der Waals surface area contributed by atoms with Gasteiger partial charge in [-0.1, -0.05) is 36.4 Å². The molecule has 0 atom stereocenters. The highest BCUT2D eigenvalue weighted by Crippen LogP contribution is 2.19. The second-order valence-corrected chi connectivity index (χ2v) is 5.73. The largest absolute Gasteiger partial charge is 0.322 e. The normalized spacial score (nSPS) is 10.8. The maximum Gasteiger partial charge on any atom is 0.272 e. The Hall–Kier alpha value is -3.41. The summed E-state index contributed by atoms with van der Waals surface area (Å²) in [6.45, 7) is 2.80. The minimum Gasteiger partial charge on any atom is -0.322 e. The molecule has 0 heterocycles. The molecule has 3 amide bonds. The van der Waals surface area contributed by atoms with E-state index in [4.69, 9.17) is 0 Å². The van der Waals surface area contributed by atoms with E-state index in [0.717, 1.165) is 5.56 Å². The Bertz CT molecular complexity index is 844. The van der Waals surface area contributed by atoms with Crippen LogP contribution in [0.15, 0.2) is 60.3 Å². The highest BCUT2D eigenvalue weighted by atomic mass is 16.2. The average molecular weight is 351 g/mol. The summed E-state index contributed by atoms with van der Waals surface area (Å²) in [4.78, 5) is 37.0. The van der Waals surface area contributed by atoms with Crippen molar-refractivity contribution < 1.29 is 14.4 Å². The Morgan fingerprint density at radius 2 is 1.65 bits per heavy atom. The summed E-state index contributed by atoms with van der Waals surface area (Å²) in [5.41, 5.74) is 2.10. The smallest absolute Gasteiger partial charge is 0.272 e. The van der Waals surface area contributed by atoms with Gasteiger partial charge < -0.3 is 15.5 Å². The molecule has 2 aromatic carbocycles. The van der Waals surface area contributed by atoms with Crippen molar-refractivity contribution >= 4 is 35.2 Å². The number of nitrogens with one attached hydrogen (secondary N) is 2. The lowest BCUT2D eigenvalue weighted by Crippen LogP contribution is -2.29. The molecule has 0 aromatic heterocycles. The van der Waals surface area contributed by atoms with Crippen LogP contribution in [0.3, 0.4) is 0 Å². The molecule has 0 saturated carbocycles. The van der Waals surface area contributed by atoms with Gasteiger partial charge >= 0.3 is 0 Å². The summed E-state index contributed by atoms with van der Waals surface area (Å²) in [6.07, 6.45) is 1.60. The minimum absolute atomic E-state index is 0.114. The van der Waals surface area contributed by atoms with E-state index < -0.39 is 5.91 Å². The quantitative estimate of drug-likeness (QED) is 0.813. The van der Waals surface area contributed by atoms with Gasteiger partial charge in [-0.05, 0) is 29.8 Å². The van der Waals surface area contributed by atoms with Gasteiger partial charge in [0.05, 0.1) is 0 Å². The van der Waals surface area contributed by atoms with E-state index in [0.29, 0.717) is 11.4 Å². The first-order valence-corrected chi connectivity index (χ1v) is 8.07. The number of carbonyl (C=O) groups excluding carboxylic acids is 3. The van der Waals surface area contributed by atoms with E-state index in [2.05, 4.69) is 10.6 Å². The lowest BCUT2D eigenvalue weighted by atomic mass is 10.2. The molecular weight excluding hydrogens is 330 g/mol. The third kappa shape index (κ3) is 5.31. The average Bonchev–Trinajstić information content (AvgIpc) is 2.61. The maximum atomic E-state index is 12.6. The third-order valence-corrected chi connectivity index (χ3v) is 3.63. The zero-order chi connectivity index (χ0) is 19.1. The van der Waals surface area contributed by atoms with Crippen molar-refractivity contribution in [1.29, 1.82) is 0 Å². The lowest BCUT2D eigenvalue weighted by Gasteiger charge is -2.16. The predicted molar refractivity (Wildman–Crippen MR) is 102 cm³/mol. The Balaban J connectivity index is 2.24. The minimum atomic E-state index is -0.452. The van der Waals surface area contributed by atoms with Gasteiger partial charge in [0.15, 0.2) is 0 Å².